The Morgan fingerprint density at radius 3 is 2.64 bits per heavy atom. The van der Waals surface area contributed by atoms with Crippen molar-refractivity contribution in [3.05, 3.63) is 70.9 Å². The summed E-state index contributed by atoms with van der Waals surface area (Å²) >= 11 is 0. The molecule has 0 aliphatic heterocycles. The Morgan fingerprint density at radius 2 is 1.82 bits per heavy atom. The molecule has 0 radical (unpaired) electrons. The monoisotopic (exact) mass is 289 g/mol. The molecule has 1 aromatic heterocycles. The molecule has 0 amide bonds. The number of hydrogen-bond acceptors (Lipinski definition) is 3. The highest BCUT2D eigenvalue weighted by molar-refractivity contribution is 6.11. The minimum Gasteiger partial charge on any atom is -0.507 e. The lowest BCUT2D eigenvalue weighted by Crippen LogP contribution is -2.02. The van der Waals surface area contributed by atoms with Gasteiger partial charge in [-0.15, -0.1) is 0 Å². The summed E-state index contributed by atoms with van der Waals surface area (Å²) in [6, 6.07) is 12.7. The second kappa shape index (κ2) is 4.95. The number of phenols is 1. The molecule has 0 fully saturated rings. The van der Waals surface area contributed by atoms with Gasteiger partial charge in [0.25, 0.3) is 0 Å². The van der Waals surface area contributed by atoms with Crippen molar-refractivity contribution in [3.63, 3.8) is 0 Å². The van der Waals surface area contributed by atoms with Gasteiger partial charge in [0.1, 0.15) is 5.75 Å². The normalized spacial score (nSPS) is 13.3. The number of aromatic hydroxyl groups is 1. The van der Waals surface area contributed by atoms with E-state index in [1.165, 1.54) is 23.6 Å². The Morgan fingerprint density at radius 1 is 1.05 bits per heavy atom. The van der Waals surface area contributed by atoms with Crippen molar-refractivity contribution in [2.24, 2.45) is 0 Å². The molecule has 1 aliphatic carbocycles. The quantitative estimate of drug-likeness (QED) is 0.732. The first-order valence-corrected chi connectivity index (χ1v) is 7.46. The van der Waals surface area contributed by atoms with Crippen LogP contribution in [-0.2, 0) is 12.8 Å². The molecule has 0 saturated heterocycles. The number of carbonyl (C=O) groups is 1. The molecule has 0 saturated carbocycles. The lowest BCUT2D eigenvalue weighted by atomic mass is 10.0. The predicted octanol–water partition coefficient (Wildman–Crippen LogP) is 3.66. The summed E-state index contributed by atoms with van der Waals surface area (Å²) < 4.78 is 0. The number of rotatable bonds is 2. The maximum Gasteiger partial charge on any atom is 0.198 e. The number of fused-ring (bicyclic) bond motifs is 2. The predicted molar refractivity (Wildman–Crippen MR) is 85.3 cm³/mol. The van der Waals surface area contributed by atoms with E-state index in [0.29, 0.717) is 11.1 Å². The number of phenolic OH excluding ortho intramolecular Hbond substituents is 1. The number of nitrogens with zero attached hydrogens (tertiary/aromatic N) is 1. The van der Waals surface area contributed by atoms with Crippen LogP contribution in [0.3, 0.4) is 0 Å². The smallest absolute Gasteiger partial charge is 0.198 e. The maximum absolute atomic E-state index is 12.5. The first-order valence-electron chi connectivity index (χ1n) is 7.46. The second-order valence-corrected chi connectivity index (χ2v) is 5.74. The molecule has 1 N–H and O–H groups in total. The molecule has 4 rings (SSSR count). The van der Waals surface area contributed by atoms with Crippen LogP contribution in [0.2, 0.25) is 0 Å². The van der Waals surface area contributed by atoms with Crippen molar-refractivity contribution in [2.45, 2.75) is 19.3 Å². The lowest BCUT2D eigenvalue weighted by Gasteiger charge is -2.06. The number of para-hydroxylation sites is 1. The largest absolute Gasteiger partial charge is 0.507 e. The average molecular weight is 289 g/mol. The molecule has 0 spiro atoms. The fraction of sp³-hybridized carbons (Fsp3) is 0.158. The van der Waals surface area contributed by atoms with E-state index in [4.69, 9.17) is 0 Å². The van der Waals surface area contributed by atoms with Crippen molar-refractivity contribution < 1.29 is 9.90 Å². The van der Waals surface area contributed by atoms with E-state index in [1.54, 1.807) is 24.4 Å². The zero-order valence-electron chi connectivity index (χ0n) is 12.0. The summed E-state index contributed by atoms with van der Waals surface area (Å²) in [6.07, 6.45) is 5.00. The van der Waals surface area contributed by atoms with E-state index in [0.717, 1.165) is 23.7 Å². The van der Waals surface area contributed by atoms with E-state index in [2.05, 4.69) is 17.1 Å². The molecule has 0 bridgehead atoms. The SMILES string of the molecule is O=C(c1cnc2cc3c(cc2c1)CCC3)c1ccccc1O. The number of ketones is 1. The Bertz CT molecular complexity index is 899. The van der Waals surface area contributed by atoms with Crippen LogP contribution in [0.4, 0.5) is 0 Å². The van der Waals surface area contributed by atoms with E-state index in [1.807, 2.05) is 6.07 Å². The zero-order chi connectivity index (χ0) is 15.1. The van der Waals surface area contributed by atoms with E-state index in [9.17, 15) is 9.90 Å². The molecule has 3 heteroatoms. The summed E-state index contributed by atoms with van der Waals surface area (Å²) in [5.41, 5.74) is 4.48. The van der Waals surface area contributed by atoms with Crippen LogP contribution < -0.4 is 0 Å². The first kappa shape index (κ1) is 13.0. The summed E-state index contributed by atoms with van der Waals surface area (Å²) in [6.45, 7) is 0. The van der Waals surface area contributed by atoms with Gasteiger partial charge in [0, 0.05) is 17.1 Å². The molecular formula is C19H15NO2. The average Bonchev–Trinajstić information content (AvgIpc) is 2.99. The van der Waals surface area contributed by atoms with Crippen LogP contribution in [0, 0.1) is 0 Å². The van der Waals surface area contributed by atoms with Crippen LogP contribution in [0.25, 0.3) is 10.9 Å². The third-order valence-corrected chi connectivity index (χ3v) is 4.31. The van der Waals surface area contributed by atoms with Gasteiger partial charge in [-0.1, -0.05) is 12.1 Å². The molecule has 3 aromatic rings. The van der Waals surface area contributed by atoms with E-state index in [-0.39, 0.29) is 11.5 Å². The molecule has 2 aromatic carbocycles. The van der Waals surface area contributed by atoms with Gasteiger partial charge in [-0.25, -0.2) is 0 Å². The van der Waals surface area contributed by atoms with Gasteiger partial charge in [-0.2, -0.15) is 0 Å². The minimum atomic E-state index is -0.201. The van der Waals surface area contributed by atoms with Gasteiger partial charge in [0.05, 0.1) is 11.1 Å². The zero-order valence-corrected chi connectivity index (χ0v) is 12.0. The van der Waals surface area contributed by atoms with Gasteiger partial charge >= 0.3 is 0 Å². The van der Waals surface area contributed by atoms with Crippen LogP contribution in [-0.4, -0.2) is 15.9 Å². The topological polar surface area (TPSA) is 50.2 Å². The van der Waals surface area contributed by atoms with Crippen LogP contribution in [0.1, 0.15) is 33.5 Å². The van der Waals surface area contributed by atoms with E-state index >= 15 is 0 Å². The number of hydrogen-bond donors (Lipinski definition) is 1. The number of pyridine rings is 1. The summed E-state index contributed by atoms with van der Waals surface area (Å²) in [7, 11) is 0. The van der Waals surface area contributed by atoms with Crippen LogP contribution >= 0.6 is 0 Å². The third kappa shape index (κ3) is 2.06. The van der Waals surface area contributed by atoms with Crippen LogP contribution in [0.5, 0.6) is 5.75 Å². The van der Waals surface area contributed by atoms with Crippen molar-refractivity contribution in [2.75, 3.05) is 0 Å². The fourth-order valence-electron chi connectivity index (χ4n) is 3.15. The number of aryl methyl sites for hydroxylation is 2. The molecular weight excluding hydrogens is 274 g/mol. The summed E-state index contributed by atoms with van der Waals surface area (Å²) in [5, 5.41) is 10.8. The Hall–Kier alpha value is -2.68. The molecule has 0 atom stereocenters. The fourth-order valence-corrected chi connectivity index (χ4v) is 3.15. The molecule has 22 heavy (non-hydrogen) atoms. The summed E-state index contributed by atoms with van der Waals surface area (Å²) in [4.78, 5) is 17.0. The van der Waals surface area contributed by atoms with Gasteiger partial charge in [-0.3, -0.25) is 9.78 Å². The molecule has 108 valence electrons. The molecule has 1 heterocycles. The van der Waals surface area contributed by atoms with Crippen molar-refractivity contribution in [1.29, 1.82) is 0 Å². The van der Waals surface area contributed by atoms with E-state index < -0.39 is 0 Å². The number of aromatic nitrogens is 1. The lowest BCUT2D eigenvalue weighted by molar-refractivity contribution is 0.103. The van der Waals surface area contributed by atoms with Gasteiger partial charge in [0.2, 0.25) is 0 Å². The number of benzene rings is 2. The Balaban J connectivity index is 1.81. The Labute approximate surface area is 128 Å². The van der Waals surface area contributed by atoms with Gasteiger partial charge in [0.15, 0.2) is 5.78 Å². The third-order valence-electron chi connectivity index (χ3n) is 4.31. The summed E-state index contributed by atoms with van der Waals surface area (Å²) in [5.74, 6) is -0.199. The van der Waals surface area contributed by atoms with Crippen LogP contribution in [0.15, 0.2) is 48.7 Å². The van der Waals surface area contributed by atoms with Gasteiger partial charge < -0.3 is 5.11 Å². The van der Waals surface area contributed by atoms with Crippen molar-refractivity contribution >= 4 is 16.7 Å². The number of carbonyl (C=O) groups excluding carboxylic acids is 1. The highest BCUT2D eigenvalue weighted by atomic mass is 16.3. The first-order chi connectivity index (χ1) is 10.7. The standard InChI is InChI=1S/C19H15NO2/c21-18-7-2-1-6-16(18)19(22)15-9-14-8-12-4-3-5-13(12)10-17(14)20-11-15/h1-2,6-11,21H,3-5H2. The maximum atomic E-state index is 12.5. The van der Waals surface area contributed by atoms with Crippen molar-refractivity contribution in [3.8, 4) is 5.75 Å². The highest BCUT2D eigenvalue weighted by Crippen LogP contribution is 2.28. The van der Waals surface area contributed by atoms with Gasteiger partial charge in [-0.05, 0) is 60.7 Å². The molecule has 3 nitrogen and oxygen atoms in total. The second-order valence-electron chi connectivity index (χ2n) is 5.74. The highest BCUT2D eigenvalue weighted by Gasteiger charge is 2.16. The van der Waals surface area contributed by atoms with Crippen molar-refractivity contribution in [1.82, 2.24) is 4.98 Å². The Kier molecular flexibility index (Phi) is 2.93. The minimum absolute atomic E-state index is 0.00144. The molecule has 0 unspecified atom stereocenters. The molecule has 1 aliphatic rings.